The zero-order valence-corrected chi connectivity index (χ0v) is 17.8. The number of thiocarbonyl (C=S) groups is 1. The summed E-state index contributed by atoms with van der Waals surface area (Å²) in [5, 5.41) is 0.770. The number of allylic oxidation sites excluding steroid dienone is 2. The van der Waals surface area contributed by atoms with Crippen molar-refractivity contribution in [2.45, 2.75) is 40.0 Å². The molecule has 0 radical (unpaired) electrons. The molecule has 0 bridgehead atoms. The molecule has 1 fully saturated rings. The van der Waals surface area contributed by atoms with Gasteiger partial charge in [-0.3, -0.25) is 19.4 Å². The maximum Gasteiger partial charge on any atom is 0.269 e. The number of carbonyl (C=O) groups excluding carboxylic acids is 2. The SMILES string of the molecule is CCCCC1=CC(=C2C(=O)N(CC)C(=S)N(CC)C2=O)Oc2cc(Cl)ccc21. The predicted octanol–water partition coefficient (Wildman–Crippen LogP) is 4.56. The lowest BCUT2D eigenvalue weighted by Crippen LogP contribution is -2.56. The van der Waals surface area contributed by atoms with Gasteiger partial charge in [-0.1, -0.05) is 24.9 Å². The van der Waals surface area contributed by atoms with Gasteiger partial charge in [0, 0.05) is 29.7 Å². The van der Waals surface area contributed by atoms with Crippen molar-refractivity contribution in [2.75, 3.05) is 13.1 Å². The average molecular weight is 419 g/mol. The largest absolute Gasteiger partial charge is 0.456 e. The third-order valence-corrected chi connectivity index (χ3v) is 5.55. The molecule has 1 aromatic carbocycles. The van der Waals surface area contributed by atoms with Crippen LogP contribution in [0.25, 0.3) is 5.57 Å². The van der Waals surface area contributed by atoms with Gasteiger partial charge >= 0.3 is 0 Å². The van der Waals surface area contributed by atoms with E-state index in [1.807, 2.05) is 32.1 Å². The second-order valence-corrected chi connectivity index (χ2v) is 7.44. The number of hydrogen-bond acceptors (Lipinski definition) is 4. The number of carbonyl (C=O) groups is 2. The molecule has 5 nitrogen and oxygen atoms in total. The van der Waals surface area contributed by atoms with Crippen LogP contribution in [0.3, 0.4) is 0 Å². The summed E-state index contributed by atoms with van der Waals surface area (Å²) in [7, 11) is 0. The van der Waals surface area contributed by atoms with Crippen LogP contribution in [0.4, 0.5) is 0 Å². The van der Waals surface area contributed by atoms with E-state index in [1.165, 1.54) is 9.80 Å². The maximum absolute atomic E-state index is 13.0. The second-order valence-electron chi connectivity index (χ2n) is 6.64. The third kappa shape index (κ3) is 3.59. The first-order chi connectivity index (χ1) is 13.4. The molecule has 0 saturated carbocycles. The monoisotopic (exact) mass is 418 g/mol. The molecule has 0 N–H and O–H groups in total. The van der Waals surface area contributed by atoms with Gasteiger partial charge < -0.3 is 4.74 Å². The lowest BCUT2D eigenvalue weighted by atomic mass is 9.95. The van der Waals surface area contributed by atoms with Crippen LogP contribution in [0.1, 0.15) is 45.6 Å². The lowest BCUT2D eigenvalue weighted by Gasteiger charge is -2.36. The smallest absolute Gasteiger partial charge is 0.269 e. The molecule has 2 heterocycles. The molecule has 1 saturated heterocycles. The number of rotatable bonds is 5. The van der Waals surface area contributed by atoms with Gasteiger partial charge in [0.25, 0.3) is 11.8 Å². The quantitative estimate of drug-likeness (QED) is 0.399. The topological polar surface area (TPSA) is 49.9 Å². The van der Waals surface area contributed by atoms with Crippen molar-refractivity contribution < 1.29 is 14.3 Å². The summed E-state index contributed by atoms with van der Waals surface area (Å²) in [6, 6.07) is 5.44. The van der Waals surface area contributed by atoms with Crippen LogP contribution in [0.15, 0.2) is 35.6 Å². The average Bonchev–Trinajstić information content (AvgIpc) is 2.66. The van der Waals surface area contributed by atoms with Gasteiger partial charge in [0.05, 0.1) is 0 Å². The van der Waals surface area contributed by atoms with E-state index in [0.717, 1.165) is 30.4 Å². The second kappa shape index (κ2) is 8.45. The van der Waals surface area contributed by atoms with E-state index in [2.05, 4.69) is 6.92 Å². The van der Waals surface area contributed by atoms with E-state index >= 15 is 0 Å². The Morgan fingerprint density at radius 1 is 1.07 bits per heavy atom. The van der Waals surface area contributed by atoms with E-state index in [-0.39, 0.29) is 16.4 Å². The summed E-state index contributed by atoms with van der Waals surface area (Å²) >= 11 is 11.5. The van der Waals surface area contributed by atoms with Crippen LogP contribution in [0.5, 0.6) is 5.75 Å². The molecular formula is C21H23ClN2O3S. The molecule has 2 aliphatic rings. The molecular weight excluding hydrogens is 396 g/mol. The fourth-order valence-electron chi connectivity index (χ4n) is 3.38. The molecule has 0 unspecified atom stereocenters. The summed E-state index contributed by atoms with van der Waals surface area (Å²) in [5.41, 5.74) is 1.98. The third-order valence-electron chi connectivity index (χ3n) is 4.87. The van der Waals surface area contributed by atoms with Crippen molar-refractivity contribution in [1.29, 1.82) is 0 Å². The zero-order valence-electron chi connectivity index (χ0n) is 16.3. The number of halogens is 1. The van der Waals surface area contributed by atoms with Gasteiger partial charge in [0.15, 0.2) is 5.11 Å². The highest BCUT2D eigenvalue weighted by atomic mass is 35.5. The van der Waals surface area contributed by atoms with Gasteiger partial charge in [-0.2, -0.15) is 0 Å². The number of ether oxygens (including phenoxy) is 1. The van der Waals surface area contributed by atoms with E-state index < -0.39 is 11.8 Å². The van der Waals surface area contributed by atoms with Crippen LogP contribution in [-0.4, -0.2) is 39.8 Å². The van der Waals surface area contributed by atoms with Crippen molar-refractivity contribution in [3.8, 4) is 5.75 Å². The van der Waals surface area contributed by atoms with Crippen molar-refractivity contribution in [2.24, 2.45) is 0 Å². The number of nitrogens with zero attached hydrogens (tertiary/aromatic N) is 2. The summed E-state index contributed by atoms with van der Waals surface area (Å²) in [6.45, 7) is 6.54. The predicted molar refractivity (Wildman–Crippen MR) is 114 cm³/mol. The Balaban J connectivity index is 2.16. The molecule has 28 heavy (non-hydrogen) atoms. The van der Waals surface area contributed by atoms with Crippen molar-refractivity contribution in [3.63, 3.8) is 0 Å². The number of unbranched alkanes of at least 4 members (excludes halogenated alkanes) is 1. The van der Waals surface area contributed by atoms with Crippen LogP contribution >= 0.6 is 23.8 Å². The first kappa shape index (κ1) is 20.6. The Morgan fingerprint density at radius 2 is 1.71 bits per heavy atom. The van der Waals surface area contributed by atoms with Gasteiger partial charge in [0.1, 0.15) is 17.1 Å². The number of benzene rings is 1. The maximum atomic E-state index is 13.0. The fraction of sp³-hybridized carbons (Fsp3) is 0.381. The summed E-state index contributed by atoms with van der Waals surface area (Å²) in [4.78, 5) is 28.9. The molecule has 0 aliphatic carbocycles. The Labute approximate surface area is 175 Å². The molecule has 1 aromatic rings. The fourth-order valence-corrected chi connectivity index (χ4v) is 3.96. The van der Waals surface area contributed by atoms with Crippen molar-refractivity contribution in [1.82, 2.24) is 9.80 Å². The minimum absolute atomic E-state index is 0.0110. The van der Waals surface area contributed by atoms with Gasteiger partial charge in [-0.15, -0.1) is 0 Å². The highest BCUT2D eigenvalue weighted by Crippen LogP contribution is 2.39. The van der Waals surface area contributed by atoms with Crippen molar-refractivity contribution >= 4 is 46.3 Å². The van der Waals surface area contributed by atoms with E-state index in [9.17, 15) is 9.59 Å². The van der Waals surface area contributed by atoms with Gasteiger partial charge in [-0.25, -0.2) is 0 Å². The molecule has 2 aliphatic heterocycles. The molecule has 3 rings (SSSR count). The molecule has 2 amide bonds. The zero-order chi connectivity index (χ0) is 20.4. The highest BCUT2D eigenvalue weighted by Gasteiger charge is 2.41. The Bertz CT molecular complexity index is 879. The Morgan fingerprint density at radius 3 is 2.29 bits per heavy atom. The molecule has 0 atom stereocenters. The Kier molecular flexibility index (Phi) is 6.20. The molecule has 0 aromatic heterocycles. The van der Waals surface area contributed by atoms with Crippen molar-refractivity contribution in [3.05, 3.63) is 46.2 Å². The van der Waals surface area contributed by atoms with Gasteiger partial charge in [-0.05, 0) is 62.7 Å². The lowest BCUT2D eigenvalue weighted by molar-refractivity contribution is -0.133. The minimum atomic E-state index is -0.422. The normalized spacial score (nSPS) is 17.0. The first-order valence-electron chi connectivity index (χ1n) is 9.53. The number of amides is 2. The molecule has 7 heteroatoms. The van der Waals surface area contributed by atoms with Crippen LogP contribution in [0, 0.1) is 0 Å². The number of hydrogen-bond donors (Lipinski definition) is 0. The first-order valence-corrected chi connectivity index (χ1v) is 10.3. The molecule has 148 valence electrons. The minimum Gasteiger partial charge on any atom is -0.456 e. The van der Waals surface area contributed by atoms with E-state index in [0.29, 0.717) is 23.9 Å². The van der Waals surface area contributed by atoms with Crippen LogP contribution in [-0.2, 0) is 9.59 Å². The number of likely N-dealkylation sites (N-methyl/N-ethyl adjacent to an activating group) is 2. The van der Waals surface area contributed by atoms with Gasteiger partial charge in [0.2, 0.25) is 0 Å². The Hall–Kier alpha value is -2.18. The number of fused-ring (bicyclic) bond motifs is 1. The summed E-state index contributed by atoms with van der Waals surface area (Å²) < 4.78 is 6.00. The summed E-state index contributed by atoms with van der Waals surface area (Å²) in [6.07, 6.45) is 4.66. The van der Waals surface area contributed by atoms with E-state index in [4.69, 9.17) is 28.6 Å². The standard InChI is InChI=1S/C21H23ClN2O3S/c1-4-7-8-13-11-17(27-16-12-14(22)9-10-15(13)16)18-19(25)23(5-2)21(28)24(6-3)20(18)26/h9-12H,4-8H2,1-3H3. The van der Waals surface area contributed by atoms with E-state index in [1.54, 1.807) is 6.07 Å². The van der Waals surface area contributed by atoms with Crippen LogP contribution in [0.2, 0.25) is 5.02 Å². The molecule has 0 spiro atoms. The highest BCUT2D eigenvalue weighted by molar-refractivity contribution is 7.80. The van der Waals surface area contributed by atoms with Crippen LogP contribution < -0.4 is 4.74 Å². The summed E-state index contributed by atoms with van der Waals surface area (Å²) in [5.74, 6) is -0.0266.